The average Bonchev–Trinajstić information content (AvgIpc) is 2.81. The maximum atomic E-state index is 12.8. The van der Waals surface area contributed by atoms with Crippen LogP contribution in [0.15, 0.2) is 30.3 Å². The van der Waals surface area contributed by atoms with E-state index in [2.05, 4.69) is 31.8 Å². The Balaban J connectivity index is 1.31. The Bertz CT molecular complexity index is 887. The Morgan fingerprint density at radius 3 is 1.94 bits per heavy atom. The van der Waals surface area contributed by atoms with Crippen molar-refractivity contribution in [3.05, 3.63) is 47.0 Å². The molecular formula is C23H32N6O2. The van der Waals surface area contributed by atoms with Crippen molar-refractivity contribution >= 4 is 17.5 Å². The number of aromatic nitrogens is 2. The van der Waals surface area contributed by atoms with Crippen LogP contribution in [-0.2, 0) is 0 Å². The minimum atomic E-state index is 0.101. The van der Waals surface area contributed by atoms with Crippen LogP contribution in [-0.4, -0.2) is 96.5 Å². The molecule has 0 bridgehead atoms. The van der Waals surface area contributed by atoms with Crippen LogP contribution in [0.4, 0.5) is 11.6 Å². The molecule has 0 aliphatic carbocycles. The molecule has 3 heterocycles. The summed E-state index contributed by atoms with van der Waals surface area (Å²) in [5, 5.41) is 18.0. The second-order valence-corrected chi connectivity index (χ2v) is 8.38. The number of anilines is 2. The third kappa shape index (κ3) is 4.97. The van der Waals surface area contributed by atoms with Crippen molar-refractivity contribution < 1.29 is 9.90 Å². The highest BCUT2D eigenvalue weighted by molar-refractivity contribution is 5.94. The third-order valence-corrected chi connectivity index (χ3v) is 6.39. The van der Waals surface area contributed by atoms with E-state index in [0.717, 1.165) is 68.6 Å². The molecule has 2 aromatic rings. The molecule has 1 amide bonds. The number of rotatable bonds is 5. The minimum absolute atomic E-state index is 0.101. The Morgan fingerprint density at radius 2 is 1.42 bits per heavy atom. The Labute approximate surface area is 184 Å². The molecule has 0 atom stereocenters. The quantitative estimate of drug-likeness (QED) is 0.772. The number of aliphatic hydroxyl groups is 1. The van der Waals surface area contributed by atoms with Crippen LogP contribution in [0, 0.1) is 13.8 Å². The highest BCUT2D eigenvalue weighted by Crippen LogP contribution is 2.19. The van der Waals surface area contributed by atoms with E-state index in [-0.39, 0.29) is 12.5 Å². The predicted molar refractivity (Wildman–Crippen MR) is 122 cm³/mol. The molecular weight excluding hydrogens is 392 g/mol. The van der Waals surface area contributed by atoms with Gasteiger partial charge in [0.2, 0.25) is 0 Å². The van der Waals surface area contributed by atoms with Gasteiger partial charge < -0.3 is 19.8 Å². The number of amides is 1. The van der Waals surface area contributed by atoms with Gasteiger partial charge in [-0.1, -0.05) is 6.07 Å². The van der Waals surface area contributed by atoms with E-state index in [1.54, 1.807) is 0 Å². The molecule has 4 rings (SSSR count). The van der Waals surface area contributed by atoms with E-state index in [1.165, 1.54) is 5.56 Å². The summed E-state index contributed by atoms with van der Waals surface area (Å²) in [6, 6.07) is 9.99. The number of nitrogens with zero attached hydrogens (tertiary/aromatic N) is 6. The molecule has 8 nitrogen and oxygen atoms in total. The van der Waals surface area contributed by atoms with Crippen LogP contribution in [0.25, 0.3) is 0 Å². The van der Waals surface area contributed by atoms with Crippen LogP contribution < -0.4 is 9.80 Å². The lowest BCUT2D eigenvalue weighted by Gasteiger charge is -2.36. The minimum Gasteiger partial charge on any atom is -0.395 e. The molecule has 0 unspecified atom stereocenters. The summed E-state index contributed by atoms with van der Waals surface area (Å²) in [4.78, 5) is 21.5. The zero-order valence-corrected chi connectivity index (χ0v) is 18.5. The summed E-state index contributed by atoms with van der Waals surface area (Å²) in [6.45, 7) is 11.6. The van der Waals surface area contributed by atoms with E-state index in [1.807, 2.05) is 42.2 Å². The lowest BCUT2D eigenvalue weighted by Crippen LogP contribution is -2.49. The Morgan fingerprint density at radius 1 is 0.839 bits per heavy atom. The van der Waals surface area contributed by atoms with Gasteiger partial charge in [-0.25, -0.2) is 0 Å². The van der Waals surface area contributed by atoms with Gasteiger partial charge in [-0.05, 0) is 49.2 Å². The lowest BCUT2D eigenvalue weighted by molar-refractivity contribution is 0.0746. The van der Waals surface area contributed by atoms with Crippen molar-refractivity contribution in [1.82, 2.24) is 20.0 Å². The first-order valence-corrected chi connectivity index (χ1v) is 11.1. The molecule has 0 spiro atoms. The van der Waals surface area contributed by atoms with Crippen molar-refractivity contribution in [3.63, 3.8) is 0 Å². The second-order valence-electron chi connectivity index (χ2n) is 8.38. The first-order chi connectivity index (χ1) is 15.0. The first-order valence-electron chi connectivity index (χ1n) is 11.1. The number of piperazine rings is 2. The molecule has 8 heteroatoms. The van der Waals surface area contributed by atoms with E-state index in [0.29, 0.717) is 13.1 Å². The largest absolute Gasteiger partial charge is 0.395 e. The maximum Gasteiger partial charge on any atom is 0.253 e. The lowest BCUT2D eigenvalue weighted by atomic mass is 10.1. The number of carbonyl (C=O) groups is 1. The molecule has 1 aromatic carbocycles. The van der Waals surface area contributed by atoms with Crippen molar-refractivity contribution in [2.24, 2.45) is 0 Å². The normalized spacial score (nSPS) is 17.8. The van der Waals surface area contributed by atoms with Crippen LogP contribution in [0.2, 0.25) is 0 Å². The highest BCUT2D eigenvalue weighted by Gasteiger charge is 2.24. The van der Waals surface area contributed by atoms with Gasteiger partial charge in [0.25, 0.3) is 5.91 Å². The number of β-amino-alcohol motifs (C(OH)–C–C–N with tert-alkyl or cyclic N) is 1. The summed E-state index contributed by atoms with van der Waals surface area (Å²) in [7, 11) is 0. The molecule has 2 aliphatic rings. The molecule has 0 saturated carbocycles. The zero-order chi connectivity index (χ0) is 21.8. The van der Waals surface area contributed by atoms with Gasteiger partial charge in [-0.3, -0.25) is 9.69 Å². The number of benzene rings is 1. The van der Waals surface area contributed by atoms with Crippen LogP contribution in [0.3, 0.4) is 0 Å². The summed E-state index contributed by atoms with van der Waals surface area (Å²) >= 11 is 0. The first kappa shape index (κ1) is 21.5. The van der Waals surface area contributed by atoms with Gasteiger partial charge in [-0.2, -0.15) is 0 Å². The molecule has 2 saturated heterocycles. The molecule has 1 N–H and O–H groups in total. The summed E-state index contributed by atoms with van der Waals surface area (Å²) in [5.41, 5.74) is 3.12. The standard InChI is InChI=1S/C23H32N6O2/c1-18-3-4-20(17-19(18)2)23(31)29-13-11-28(12-14-29)22-6-5-21(24-25-22)27-9-7-26(8-10-27)15-16-30/h3-6,17,30H,7-16H2,1-2H3. The van der Waals surface area contributed by atoms with Gasteiger partial charge in [0.05, 0.1) is 6.61 Å². The number of carbonyl (C=O) groups excluding carboxylic acids is 1. The fourth-order valence-electron chi connectivity index (χ4n) is 4.19. The van der Waals surface area contributed by atoms with E-state index in [9.17, 15) is 4.79 Å². The fraction of sp³-hybridized carbons (Fsp3) is 0.522. The molecule has 166 valence electrons. The number of hydrogen-bond donors (Lipinski definition) is 1. The Hall–Kier alpha value is -2.71. The number of aryl methyl sites for hydroxylation is 2. The SMILES string of the molecule is Cc1ccc(C(=O)N2CCN(c3ccc(N4CCN(CCO)CC4)nn3)CC2)cc1C. The number of aliphatic hydroxyl groups excluding tert-OH is 1. The van der Waals surface area contributed by atoms with Gasteiger partial charge in [0, 0.05) is 64.5 Å². The highest BCUT2D eigenvalue weighted by atomic mass is 16.3. The van der Waals surface area contributed by atoms with E-state index < -0.39 is 0 Å². The van der Waals surface area contributed by atoms with Crippen molar-refractivity contribution in [1.29, 1.82) is 0 Å². The summed E-state index contributed by atoms with van der Waals surface area (Å²) in [6.07, 6.45) is 0. The molecule has 2 aliphatic heterocycles. The van der Waals surface area contributed by atoms with Gasteiger partial charge >= 0.3 is 0 Å². The molecule has 1 aromatic heterocycles. The smallest absolute Gasteiger partial charge is 0.253 e. The monoisotopic (exact) mass is 424 g/mol. The maximum absolute atomic E-state index is 12.8. The fourth-order valence-corrected chi connectivity index (χ4v) is 4.19. The van der Waals surface area contributed by atoms with Gasteiger partial charge in [-0.15, -0.1) is 10.2 Å². The Kier molecular flexibility index (Phi) is 6.67. The van der Waals surface area contributed by atoms with Gasteiger partial charge in [0.15, 0.2) is 11.6 Å². The topological polar surface area (TPSA) is 76.0 Å². The number of hydrogen-bond acceptors (Lipinski definition) is 7. The summed E-state index contributed by atoms with van der Waals surface area (Å²) < 4.78 is 0. The zero-order valence-electron chi connectivity index (χ0n) is 18.5. The van der Waals surface area contributed by atoms with Crippen molar-refractivity contribution in [2.75, 3.05) is 75.3 Å². The molecule has 2 fully saturated rings. The second kappa shape index (κ2) is 9.62. The predicted octanol–water partition coefficient (Wildman–Crippen LogP) is 1.17. The van der Waals surface area contributed by atoms with Crippen molar-refractivity contribution in [2.45, 2.75) is 13.8 Å². The van der Waals surface area contributed by atoms with Crippen LogP contribution in [0.1, 0.15) is 21.5 Å². The van der Waals surface area contributed by atoms with Crippen molar-refractivity contribution in [3.8, 4) is 0 Å². The third-order valence-electron chi connectivity index (χ3n) is 6.39. The van der Waals surface area contributed by atoms with E-state index >= 15 is 0 Å². The average molecular weight is 425 g/mol. The summed E-state index contributed by atoms with van der Waals surface area (Å²) in [5.74, 6) is 1.86. The van der Waals surface area contributed by atoms with E-state index in [4.69, 9.17) is 5.11 Å². The molecule has 0 radical (unpaired) electrons. The van der Waals surface area contributed by atoms with Crippen LogP contribution >= 0.6 is 0 Å². The van der Waals surface area contributed by atoms with Crippen LogP contribution in [0.5, 0.6) is 0 Å². The van der Waals surface area contributed by atoms with Gasteiger partial charge in [0.1, 0.15) is 0 Å². The molecule has 31 heavy (non-hydrogen) atoms.